The van der Waals surface area contributed by atoms with E-state index in [9.17, 15) is 4.91 Å². The number of amidine groups is 1. The van der Waals surface area contributed by atoms with E-state index in [4.69, 9.17) is 0 Å². The van der Waals surface area contributed by atoms with E-state index in [1.807, 2.05) is 0 Å². The van der Waals surface area contributed by atoms with Crippen LogP contribution in [0.1, 0.15) is 6.92 Å². The highest BCUT2D eigenvalue weighted by molar-refractivity contribution is 5.83. The molecule has 0 saturated carbocycles. The van der Waals surface area contributed by atoms with Crippen LogP contribution in [0, 0.1) is 4.91 Å². The minimum Gasteiger partial charge on any atom is -0.238 e. The van der Waals surface area contributed by atoms with Crippen LogP contribution >= 0.6 is 0 Å². The summed E-state index contributed by atoms with van der Waals surface area (Å²) in [7, 11) is 0. The molecule has 0 atom stereocenters. The van der Waals surface area contributed by atoms with Gasteiger partial charge in [-0.15, -0.1) is 4.91 Å². The summed E-state index contributed by atoms with van der Waals surface area (Å²) in [6.07, 6.45) is 1.34. The molecule has 0 unspecified atom stereocenters. The number of aliphatic imine (C=N–C) groups is 1. The lowest BCUT2D eigenvalue weighted by Gasteiger charge is -1.84. The molecule has 0 N–H and O–H groups in total. The third kappa shape index (κ3) is 0.726. The van der Waals surface area contributed by atoms with Gasteiger partial charge in [0.1, 0.15) is 5.84 Å². The first-order chi connectivity index (χ1) is 3.83. The van der Waals surface area contributed by atoms with Crippen molar-refractivity contribution in [1.29, 1.82) is 0 Å². The summed E-state index contributed by atoms with van der Waals surface area (Å²) in [6.45, 7) is 1.70. The minimum absolute atomic E-state index is 0.155. The summed E-state index contributed by atoms with van der Waals surface area (Å²) >= 11 is 0. The molecule has 41 valence electrons. The molecule has 8 heavy (non-hydrogen) atoms. The van der Waals surface area contributed by atoms with Crippen LogP contribution in [0.5, 0.6) is 0 Å². The normalized spacial score (nSPS) is 16.6. The fourth-order valence-corrected chi connectivity index (χ4v) is 0.419. The average Bonchev–Trinajstić information content (AvgIpc) is 2.14. The number of hydrogen-bond acceptors (Lipinski definition) is 3. The van der Waals surface area contributed by atoms with Crippen LogP contribution in [-0.4, -0.2) is 5.84 Å². The fraction of sp³-hybridized carbons (Fsp3) is 0.250. The summed E-state index contributed by atoms with van der Waals surface area (Å²) in [5.74, 6) is 0.738. The number of hydrogen-bond donors (Lipinski definition) is 0. The molecule has 1 aliphatic heterocycles. The van der Waals surface area contributed by atoms with E-state index in [1.54, 1.807) is 6.92 Å². The monoisotopic (exact) mass is 110 g/mol. The summed E-state index contributed by atoms with van der Waals surface area (Å²) in [4.78, 5) is 13.3. The molecule has 4 heteroatoms. The summed E-state index contributed by atoms with van der Waals surface area (Å²) in [6, 6.07) is 0. The lowest BCUT2D eigenvalue weighted by molar-refractivity contribution is 1.08. The van der Waals surface area contributed by atoms with Gasteiger partial charge in [-0.1, -0.05) is 0 Å². The van der Waals surface area contributed by atoms with Gasteiger partial charge in [-0.25, -0.2) is 10.3 Å². The van der Waals surface area contributed by atoms with E-state index < -0.39 is 0 Å². The zero-order valence-corrected chi connectivity index (χ0v) is 4.33. The van der Waals surface area contributed by atoms with Crippen LogP contribution < -0.4 is 5.32 Å². The molecule has 1 rings (SSSR count). The molecular weight excluding hydrogens is 106 g/mol. The third-order valence-corrected chi connectivity index (χ3v) is 0.737. The molecule has 0 aromatic heterocycles. The first-order valence-corrected chi connectivity index (χ1v) is 2.12. The van der Waals surface area contributed by atoms with Gasteiger partial charge in [0.15, 0.2) is 0 Å². The van der Waals surface area contributed by atoms with Gasteiger partial charge in [0.05, 0.1) is 6.20 Å². The Labute approximate surface area is 46.3 Å². The molecule has 0 amide bonds. The van der Waals surface area contributed by atoms with Crippen LogP contribution in [0.4, 0.5) is 0 Å². The Morgan fingerprint density at radius 3 is 2.75 bits per heavy atom. The molecule has 0 aliphatic carbocycles. The van der Waals surface area contributed by atoms with Gasteiger partial charge < -0.3 is 0 Å². The van der Waals surface area contributed by atoms with Crippen molar-refractivity contribution < 1.29 is 0 Å². The van der Waals surface area contributed by atoms with Gasteiger partial charge in [-0.05, 0) is 12.1 Å². The lowest BCUT2D eigenvalue weighted by atomic mass is 10.7. The Balaban J connectivity index is 2.61. The predicted molar refractivity (Wildman–Crippen MR) is 29.1 cm³/mol. The SMILES string of the molecule is CC1=NC=C(N=O)[N]1. The average molecular weight is 110 g/mol. The van der Waals surface area contributed by atoms with E-state index in [0.717, 1.165) is 0 Å². The van der Waals surface area contributed by atoms with Crippen molar-refractivity contribution in [2.75, 3.05) is 0 Å². The maximum absolute atomic E-state index is 9.67. The Morgan fingerprint density at radius 2 is 2.50 bits per heavy atom. The molecule has 4 nitrogen and oxygen atoms in total. The number of nitrogens with zero attached hydrogens (tertiary/aromatic N) is 3. The second kappa shape index (κ2) is 1.73. The minimum atomic E-state index is 0.155. The number of rotatable bonds is 1. The van der Waals surface area contributed by atoms with Crippen LogP contribution in [0.2, 0.25) is 0 Å². The smallest absolute Gasteiger partial charge is 0.216 e. The lowest BCUT2D eigenvalue weighted by Crippen LogP contribution is -2.03. The van der Waals surface area contributed by atoms with E-state index in [-0.39, 0.29) is 5.82 Å². The van der Waals surface area contributed by atoms with E-state index in [0.29, 0.717) is 5.84 Å². The second-order valence-corrected chi connectivity index (χ2v) is 1.37. The molecule has 1 aliphatic rings. The number of nitroso groups, excluding NO2 is 1. The quantitative estimate of drug-likeness (QED) is 0.455. The van der Waals surface area contributed by atoms with Crippen LogP contribution in [-0.2, 0) is 0 Å². The van der Waals surface area contributed by atoms with Crippen LogP contribution in [0.15, 0.2) is 22.2 Å². The standard InChI is InChI=1S/C4H4N3O/c1-3-5-2-4(6-3)7-8/h2H,1H3. The summed E-state index contributed by atoms with van der Waals surface area (Å²) in [5, 5.41) is 6.21. The molecular formula is C4H4N3O. The largest absolute Gasteiger partial charge is 0.238 e. The van der Waals surface area contributed by atoms with Gasteiger partial charge in [0.25, 0.3) is 0 Å². The van der Waals surface area contributed by atoms with Gasteiger partial charge >= 0.3 is 0 Å². The molecule has 0 fully saturated rings. The first kappa shape index (κ1) is 4.96. The van der Waals surface area contributed by atoms with Crippen molar-refractivity contribution in [3.63, 3.8) is 0 Å². The van der Waals surface area contributed by atoms with Crippen molar-refractivity contribution in [2.45, 2.75) is 6.92 Å². The highest BCUT2D eigenvalue weighted by Crippen LogP contribution is 2.00. The highest BCUT2D eigenvalue weighted by Gasteiger charge is 2.04. The van der Waals surface area contributed by atoms with Gasteiger partial charge in [0.2, 0.25) is 5.82 Å². The topological polar surface area (TPSA) is 55.9 Å². The summed E-state index contributed by atoms with van der Waals surface area (Å²) < 4.78 is 0. The predicted octanol–water partition coefficient (Wildman–Crippen LogP) is 0.588. The van der Waals surface area contributed by atoms with Crippen molar-refractivity contribution in [1.82, 2.24) is 5.32 Å². The highest BCUT2D eigenvalue weighted by atomic mass is 16.3. The van der Waals surface area contributed by atoms with Crippen molar-refractivity contribution >= 4 is 5.84 Å². The molecule has 0 aromatic carbocycles. The molecule has 0 bridgehead atoms. The zero-order chi connectivity index (χ0) is 5.98. The van der Waals surface area contributed by atoms with Crippen molar-refractivity contribution in [2.24, 2.45) is 10.2 Å². The molecule has 0 aromatic rings. The van der Waals surface area contributed by atoms with Gasteiger partial charge in [0, 0.05) is 0 Å². The zero-order valence-electron chi connectivity index (χ0n) is 4.33. The van der Waals surface area contributed by atoms with Crippen molar-refractivity contribution in [3.05, 3.63) is 16.9 Å². The van der Waals surface area contributed by atoms with E-state index in [2.05, 4.69) is 15.5 Å². The molecule has 0 saturated heterocycles. The Bertz CT molecular complexity index is 170. The van der Waals surface area contributed by atoms with Crippen LogP contribution in [0.25, 0.3) is 0 Å². The van der Waals surface area contributed by atoms with Gasteiger partial charge in [-0.3, -0.25) is 0 Å². The third-order valence-electron chi connectivity index (χ3n) is 0.737. The Hall–Kier alpha value is -1.19. The molecule has 1 radical (unpaired) electrons. The van der Waals surface area contributed by atoms with E-state index >= 15 is 0 Å². The second-order valence-electron chi connectivity index (χ2n) is 1.37. The van der Waals surface area contributed by atoms with E-state index in [1.165, 1.54) is 6.20 Å². The van der Waals surface area contributed by atoms with Crippen molar-refractivity contribution in [3.8, 4) is 0 Å². The van der Waals surface area contributed by atoms with Gasteiger partial charge in [-0.2, -0.15) is 0 Å². The van der Waals surface area contributed by atoms with Crippen LogP contribution in [0.3, 0.4) is 0 Å². The maximum Gasteiger partial charge on any atom is 0.216 e. The molecule has 1 heterocycles. The first-order valence-electron chi connectivity index (χ1n) is 2.12. The fourth-order valence-electron chi connectivity index (χ4n) is 0.419. The summed E-state index contributed by atoms with van der Waals surface area (Å²) in [5.41, 5.74) is 0. The Kier molecular flexibility index (Phi) is 1.07. The Morgan fingerprint density at radius 1 is 1.75 bits per heavy atom. The maximum atomic E-state index is 9.67. The molecule has 0 spiro atoms.